The number of rotatable bonds is 12. The molecule has 2 aromatic carbocycles. The topological polar surface area (TPSA) is 50.8 Å². The third kappa shape index (κ3) is 6.79. The Bertz CT molecular complexity index is 745. The van der Waals surface area contributed by atoms with Gasteiger partial charge in [-0.2, -0.15) is 0 Å². The van der Waals surface area contributed by atoms with Crippen molar-refractivity contribution in [3.63, 3.8) is 0 Å². The van der Waals surface area contributed by atoms with E-state index in [1.165, 1.54) is 5.56 Å². The van der Waals surface area contributed by atoms with Gasteiger partial charge in [-0.15, -0.1) is 0 Å². The highest BCUT2D eigenvalue weighted by Gasteiger charge is 2.18. The van der Waals surface area contributed by atoms with Crippen LogP contribution in [0.4, 0.5) is 0 Å². The summed E-state index contributed by atoms with van der Waals surface area (Å²) in [6.07, 6.45) is 1.95. The van der Waals surface area contributed by atoms with E-state index in [4.69, 9.17) is 9.47 Å². The van der Waals surface area contributed by atoms with Gasteiger partial charge in [-0.1, -0.05) is 56.3 Å². The fourth-order valence-electron chi connectivity index (χ4n) is 3.68. The molecule has 1 N–H and O–H groups in total. The van der Waals surface area contributed by atoms with Gasteiger partial charge >= 0.3 is 0 Å². The third-order valence-corrected chi connectivity index (χ3v) is 5.28. The first kappa shape index (κ1) is 22.8. The number of para-hydroxylation sites is 1. The van der Waals surface area contributed by atoms with E-state index >= 15 is 0 Å². The Kier molecular flexibility index (Phi) is 9.51. The molecule has 2 rings (SSSR count). The Hall–Kier alpha value is -2.53. The zero-order valence-electron chi connectivity index (χ0n) is 18.1. The molecule has 0 fully saturated rings. The predicted octanol–water partition coefficient (Wildman–Crippen LogP) is 3.71. The fraction of sp³-hybridized carbons (Fsp3) is 0.458. The molecular formula is C24H34N2O3. The first-order valence-electron chi connectivity index (χ1n) is 10.4. The number of hydrogen-bond acceptors (Lipinski definition) is 4. The Labute approximate surface area is 175 Å². The van der Waals surface area contributed by atoms with Crippen molar-refractivity contribution in [2.45, 2.75) is 39.2 Å². The Morgan fingerprint density at radius 2 is 1.72 bits per heavy atom. The minimum atomic E-state index is 0.0556. The molecule has 2 aromatic rings. The highest BCUT2D eigenvalue weighted by atomic mass is 16.5. The van der Waals surface area contributed by atoms with Crippen LogP contribution in [0, 0.1) is 0 Å². The molecule has 0 aliphatic carbocycles. The molecule has 29 heavy (non-hydrogen) atoms. The quantitative estimate of drug-likeness (QED) is 0.592. The number of aryl methyl sites for hydroxylation is 1. The van der Waals surface area contributed by atoms with Crippen LogP contribution in [0.25, 0.3) is 0 Å². The largest absolute Gasteiger partial charge is 0.493 e. The van der Waals surface area contributed by atoms with E-state index in [0.717, 1.165) is 25.1 Å². The van der Waals surface area contributed by atoms with Crippen molar-refractivity contribution < 1.29 is 14.3 Å². The summed E-state index contributed by atoms with van der Waals surface area (Å²) < 4.78 is 10.8. The van der Waals surface area contributed by atoms with Gasteiger partial charge in [0.1, 0.15) is 0 Å². The van der Waals surface area contributed by atoms with Crippen molar-refractivity contribution in [2.75, 3.05) is 33.9 Å². The van der Waals surface area contributed by atoms with E-state index < -0.39 is 0 Å². The summed E-state index contributed by atoms with van der Waals surface area (Å²) in [6, 6.07) is 16.5. The predicted molar refractivity (Wildman–Crippen MR) is 118 cm³/mol. The molecular weight excluding hydrogens is 364 g/mol. The van der Waals surface area contributed by atoms with Crippen LogP contribution in [0.5, 0.6) is 11.5 Å². The van der Waals surface area contributed by atoms with Gasteiger partial charge in [0, 0.05) is 19.0 Å². The van der Waals surface area contributed by atoms with Gasteiger partial charge in [0.05, 0.1) is 14.2 Å². The first-order chi connectivity index (χ1) is 14.1. The van der Waals surface area contributed by atoms with Crippen LogP contribution in [0.3, 0.4) is 0 Å². The molecule has 0 aromatic heterocycles. The average Bonchev–Trinajstić information content (AvgIpc) is 2.76. The molecule has 0 aliphatic rings. The first-order valence-corrected chi connectivity index (χ1v) is 10.4. The summed E-state index contributed by atoms with van der Waals surface area (Å²) in [5, 5.41) is 3.14. The van der Waals surface area contributed by atoms with Crippen molar-refractivity contribution in [3.05, 3.63) is 59.7 Å². The van der Waals surface area contributed by atoms with Crippen LogP contribution in [0.2, 0.25) is 0 Å². The minimum Gasteiger partial charge on any atom is -0.493 e. The third-order valence-electron chi connectivity index (χ3n) is 5.28. The fourth-order valence-corrected chi connectivity index (χ4v) is 3.68. The number of methoxy groups -OCH3 is 2. The van der Waals surface area contributed by atoms with Crippen LogP contribution in [0.1, 0.15) is 31.4 Å². The van der Waals surface area contributed by atoms with Crippen molar-refractivity contribution in [2.24, 2.45) is 0 Å². The lowest BCUT2D eigenvalue weighted by Crippen LogP contribution is -2.45. The molecule has 0 saturated carbocycles. The summed E-state index contributed by atoms with van der Waals surface area (Å²) in [6.45, 7) is 6.90. The standard InChI is InChI=1S/C24H34N2O3/c1-5-26(6-2)21(17-19-11-8-7-9-12-19)18-25-23(27)16-15-20-13-10-14-22(28-3)24(20)29-4/h7-14,21H,5-6,15-18H2,1-4H3,(H,25,27). The second-order valence-corrected chi connectivity index (χ2v) is 7.02. The van der Waals surface area contributed by atoms with E-state index in [0.29, 0.717) is 30.9 Å². The molecule has 0 radical (unpaired) electrons. The molecule has 0 bridgehead atoms. The van der Waals surface area contributed by atoms with Gasteiger partial charge in [-0.25, -0.2) is 0 Å². The van der Waals surface area contributed by atoms with Gasteiger partial charge < -0.3 is 14.8 Å². The van der Waals surface area contributed by atoms with Crippen molar-refractivity contribution in [3.8, 4) is 11.5 Å². The van der Waals surface area contributed by atoms with E-state index in [9.17, 15) is 4.79 Å². The number of likely N-dealkylation sites (N-methyl/N-ethyl adjacent to an activating group) is 1. The van der Waals surface area contributed by atoms with Crippen molar-refractivity contribution in [1.82, 2.24) is 10.2 Å². The smallest absolute Gasteiger partial charge is 0.220 e. The highest BCUT2D eigenvalue weighted by molar-refractivity contribution is 5.76. The number of nitrogens with zero attached hydrogens (tertiary/aromatic N) is 1. The number of carbonyl (C=O) groups is 1. The summed E-state index contributed by atoms with van der Waals surface area (Å²) >= 11 is 0. The summed E-state index contributed by atoms with van der Waals surface area (Å²) in [5.74, 6) is 1.45. The van der Waals surface area contributed by atoms with Gasteiger partial charge in [0.25, 0.3) is 0 Å². The number of ether oxygens (including phenoxy) is 2. The molecule has 1 amide bonds. The maximum absolute atomic E-state index is 12.5. The molecule has 0 saturated heterocycles. The molecule has 1 unspecified atom stereocenters. The second kappa shape index (κ2) is 12.1. The number of amides is 1. The molecule has 1 atom stereocenters. The second-order valence-electron chi connectivity index (χ2n) is 7.02. The van der Waals surface area contributed by atoms with Gasteiger partial charge in [0.15, 0.2) is 11.5 Å². The van der Waals surface area contributed by atoms with Crippen LogP contribution in [-0.2, 0) is 17.6 Å². The van der Waals surface area contributed by atoms with E-state index in [2.05, 4.69) is 48.3 Å². The van der Waals surface area contributed by atoms with Crippen LogP contribution < -0.4 is 14.8 Å². The lowest BCUT2D eigenvalue weighted by Gasteiger charge is -2.30. The Morgan fingerprint density at radius 3 is 2.34 bits per heavy atom. The van der Waals surface area contributed by atoms with Gasteiger partial charge in [0.2, 0.25) is 5.91 Å². The summed E-state index contributed by atoms with van der Waals surface area (Å²) in [4.78, 5) is 14.9. The van der Waals surface area contributed by atoms with E-state index in [1.54, 1.807) is 14.2 Å². The zero-order chi connectivity index (χ0) is 21.1. The monoisotopic (exact) mass is 398 g/mol. The van der Waals surface area contributed by atoms with E-state index in [-0.39, 0.29) is 11.9 Å². The normalized spacial score (nSPS) is 11.9. The average molecular weight is 399 g/mol. The maximum atomic E-state index is 12.5. The molecule has 0 spiro atoms. The minimum absolute atomic E-state index is 0.0556. The molecule has 158 valence electrons. The Balaban J connectivity index is 1.94. The van der Waals surface area contributed by atoms with Gasteiger partial charge in [-0.3, -0.25) is 9.69 Å². The lowest BCUT2D eigenvalue weighted by molar-refractivity contribution is -0.121. The number of nitrogens with one attached hydrogen (secondary N) is 1. The number of carbonyl (C=O) groups excluding carboxylic acids is 1. The SMILES string of the molecule is CCN(CC)C(CNC(=O)CCc1cccc(OC)c1OC)Cc1ccccc1. The molecule has 5 nitrogen and oxygen atoms in total. The number of benzene rings is 2. The highest BCUT2D eigenvalue weighted by Crippen LogP contribution is 2.31. The van der Waals surface area contributed by atoms with Crippen LogP contribution in [-0.4, -0.2) is 50.7 Å². The zero-order valence-corrected chi connectivity index (χ0v) is 18.1. The van der Waals surface area contributed by atoms with Crippen molar-refractivity contribution >= 4 is 5.91 Å². The van der Waals surface area contributed by atoms with Gasteiger partial charge in [-0.05, 0) is 43.1 Å². The summed E-state index contributed by atoms with van der Waals surface area (Å²) in [5.41, 5.74) is 2.27. The Morgan fingerprint density at radius 1 is 1.00 bits per heavy atom. The molecule has 5 heteroatoms. The maximum Gasteiger partial charge on any atom is 0.220 e. The van der Waals surface area contributed by atoms with Crippen LogP contribution >= 0.6 is 0 Å². The van der Waals surface area contributed by atoms with Crippen molar-refractivity contribution in [1.29, 1.82) is 0 Å². The molecule has 0 aliphatic heterocycles. The van der Waals surface area contributed by atoms with E-state index in [1.807, 2.05) is 24.3 Å². The summed E-state index contributed by atoms with van der Waals surface area (Å²) in [7, 11) is 3.24. The lowest BCUT2D eigenvalue weighted by atomic mass is 10.0. The number of hydrogen-bond donors (Lipinski definition) is 1. The van der Waals surface area contributed by atoms with Crippen LogP contribution in [0.15, 0.2) is 48.5 Å². The molecule has 0 heterocycles.